The molecule has 2 aromatic rings. The summed E-state index contributed by atoms with van der Waals surface area (Å²) in [6.07, 6.45) is 2.93. The molecule has 4 rings (SSSR count). The van der Waals surface area contributed by atoms with Crippen molar-refractivity contribution in [1.29, 1.82) is 0 Å². The van der Waals surface area contributed by atoms with Crippen LogP contribution in [-0.4, -0.2) is 24.1 Å². The fourth-order valence-corrected chi connectivity index (χ4v) is 4.17. The zero-order valence-corrected chi connectivity index (χ0v) is 15.5. The smallest absolute Gasteiger partial charge is 0.410 e. The van der Waals surface area contributed by atoms with Crippen molar-refractivity contribution in [3.05, 3.63) is 69.7 Å². The number of fused-ring (bicyclic) bond motifs is 1. The standard InChI is InChI=1S/C21H23ClN2O2/c22-17-11-16-13-24(21(25)26-14-15-5-2-1-3-6-15)10-8-18(16)19(12-17)20-7-4-9-23-20/h1-3,5-6,11-12,20,23H,4,7-10,13-14H2/t20-/m0/s1. The van der Waals surface area contributed by atoms with Crippen molar-refractivity contribution in [3.63, 3.8) is 0 Å². The first-order valence-corrected chi connectivity index (χ1v) is 9.59. The first-order chi connectivity index (χ1) is 12.7. The largest absolute Gasteiger partial charge is 0.445 e. The summed E-state index contributed by atoms with van der Waals surface area (Å²) in [6.45, 7) is 2.60. The number of halogens is 1. The van der Waals surface area contributed by atoms with E-state index in [1.54, 1.807) is 4.90 Å². The van der Waals surface area contributed by atoms with Crippen molar-refractivity contribution in [3.8, 4) is 0 Å². The number of carbonyl (C=O) groups is 1. The summed E-state index contributed by atoms with van der Waals surface area (Å²) in [7, 11) is 0. The normalized spacial score (nSPS) is 19.3. The number of hydrogen-bond donors (Lipinski definition) is 1. The number of rotatable bonds is 3. The Labute approximate surface area is 159 Å². The molecule has 2 heterocycles. The summed E-state index contributed by atoms with van der Waals surface area (Å²) in [5.41, 5.74) is 4.79. The Hall–Kier alpha value is -2.04. The Bertz CT molecular complexity index is 788. The minimum Gasteiger partial charge on any atom is -0.445 e. The summed E-state index contributed by atoms with van der Waals surface area (Å²) in [4.78, 5) is 14.2. The van der Waals surface area contributed by atoms with E-state index in [-0.39, 0.29) is 6.09 Å². The lowest BCUT2D eigenvalue weighted by Crippen LogP contribution is -2.37. The number of ether oxygens (including phenoxy) is 1. The van der Waals surface area contributed by atoms with E-state index in [4.69, 9.17) is 16.3 Å². The Balaban J connectivity index is 1.46. The maximum atomic E-state index is 12.5. The fraction of sp³-hybridized carbons (Fsp3) is 0.381. The van der Waals surface area contributed by atoms with Crippen LogP contribution in [0.3, 0.4) is 0 Å². The third-order valence-electron chi connectivity index (χ3n) is 5.23. The second-order valence-corrected chi connectivity index (χ2v) is 7.43. The van der Waals surface area contributed by atoms with E-state index in [0.717, 1.165) is 35.5 Å². The summed E-state index contributed by atoms with van der Waals surface area (Å²) in [5, 5.41) is 4.30. The van der Waals surface area contributed by atoms with Crippen LogP contribution in [0.2, 0.25) is 5.02 Å². The van der Waals surface area contributed by atoms with Crippen LogP contribution in [0.15, 0.2) is 42.5 Å². The van der Waals surface area contributed by atoms with Gasteiger partial charge in [-0.15, -0.1) is 0 Å². The summed E-state index contributed by atoms with van der Waals surface area (Å²) in [6, 6.07) is 14.2. The molecule has 0 aliphatic carbocycles. The first kappa shape index (κ1) is 17.4. The van der Waals surface area contributed by atoms with Gasteiger partial charge in [-0.1, -0.05) is 41.9 Å². The predicted octanol–water partition coefficient (Wildman–Crippen LogP) is 4.46. The molecule has 0 unspecified atom stereocenters. The van der Waals surface area contributed by atoms with Gasteiger partial charge in [0.1, 0.15) is 6.61 Å². The van der Waals surface area contributed by atoms with Crippen molar-refractivity contribution >= 4 is 17.7 Å². The quantitative estimate of drug-likeness (QED) is 0.867. The summed E-state index contributed by atoms with van der Waals surface area (Å²) >= 11 is 6.37. The van der Waals surface area contributed by atoms with Crippen LogP contribution in [-0.2, 0) is 24.3 Å². The third-order valence-corrected chi connectivity index (χ3v) is 5.45. The molecule has 0 radical (unpaired) electrons. The highest BCUT2D eigenvalue weighted by molar-refractivity contribution is 6.30. The number of carbonyl (C=O) groups excluding carboxylic acids is 1. The molecular weight excluding hydrogens is 348 g/mol. The van der Waals surface area contributed by atoms with Gasteiger partial charge in [0.25, 0.3) is 0 Å². The second-order valence-electron chi connectivity index (χ2n) is 6.99. The Morgan fingerprint density at radius 1 is 1.27 bits per heavy atom. The molecule has 136 valence electrons. The number of amides is 1. The van der Waals surface area contributed by atoms with Crippen LogP contribution in [0.4, 0.5) is 4.79 Å². The summed E-state index contributed by atoms with van der Waals surface area (Å²) < 4.78 is 5.48. The lowest BCUT2D eigenvalue weighted by molar-refractivity contribution is 0.0918. The van der Waals surface area contributed by atoms with E-state index >= 15 is 0 Å². The SMILES string of the molecule is O=C(OCc1ccccc1)N1CCc2c(cc(Cl)cc2[C@@H]2CCCN2)C1. The predicted molar refractivity (Wildman–Crippen MR) is 102 cm³/mol. The van der Waals surface area contributed by atoms with E-state index in [1.807, 2.05) is 36.4 Å². The maximum Gasteiger partial charge on any atom is 0.410 e. The lowest BCUT2D eigenvalue weighted by Gasteiger charge is -2.31. The Kier molecular flexibility index (Phi) is 5.14. The van der Waals surface area contributed by atoms with Gasteiger partial charge in [0.15, 0.2) is 0 Å². The van der Waals surface area contributed by atoms with Crippen LogP contribution in [0.5, 0.6) is 0 Å². The van der Waals surface area contributed by atoms with Crippen LogP contribution >= 0.6 is 11.6 Å². The second kappa shape index (κ2) is 7.68. The monoisotopic (exact) mass is 370 g/mol. The third kappa shape index (κ3) is 3.71. The molecule has 26 heavy (non-hydrogen) atoms. The number of hydrogen-bond acceptors (Lipinski definition) is 3. The van der Waals surface area contributed by atoms with Gasteiger partial charge in [0.2, 0.25) is 0 Å². The molecular formula is C21H23ClN2O2. The number of nitrogens with one attached hydrogen (secondary N) is 1. The van der Waals surface area contributed by atoms with Gasteiger partial charge in [-0.2, -0.15) is 0 Å². The zero-order chi connectivity index (χ0) is 17.9. The topological polar surface area (TPSA) is 41.6 Å². The highest BCUT2D eigenvalue weighted by Gasteiger charge is 2.27. The molecule has 1 saturated heterocycles. The average molecular weight is 371 g/mol. The van der Waals surface area contributed by atoms with E-state index in [2.05, 4.69) is 11.4 Å². The molecule has 0 saturated carbocycles. The molecule has 1 atom stereocenters. The van der Waals surface area contributed by atoms with Crippen molar-refractivity contribution in [2.24, 2.45) is 0 Å². The van der Waals surface area contributed by atoms with Gasteiger partial charge in [-0.05, 0) is 60.2 Å². The molecule has 0 aromatic heterocycles. The Morgan fingerprint density at radius 2 is 2.12 bits per heavy atom. The lowest BCUT2D eigenvalue weighted by atomic mass is 9.90. The number of nitrogens with zero attached hydrogens (tertiary/aromatic N) is 1. The minimum atomic E-state index is -0.264. The van der Waals surface area contributed by atoms with Crippen molar-refractivity contribution in [2.75, 3.05) is 13.1 Å². The van der Waals surface area contributed by atoms with Gasteiger partial charge < -0.3 is 15.0 Å². The molecule has 5 heteroatoms. The van der Waals surface area contributed by atoms with Gasteiger partial charge in [-0.25, -0.2) is 4.79 Å². The average Bonchev–Trinajstić information content (AvgIpc) is 3.20. The van der Waals surface area contributed by atoms with Gasteiger partial charge >= 0.3 is 6.09 Å². The van der Waals surface area contributed by atoms with Crippen molar-refractivity contribution < 1.29 is 9.53 Å². The fourth-order valence-electron chi connectivity index (χ4n) is 3.92. The van der Waals surface area contributed by atoms with E-state index in [1.165, 1.54) is 17.5 Å². The van der Waals surface area contributed by atoms with Gasteiger partial charge in [0.05, 0.1) is 0 Å². The molecule has 1 amide bonds. The zero-order valence-electron chi connectivity index (χ0n) is 14.7. The maximum absolute atomic E-state index is 12.5. The molecule has 1 fully saturated rings. The highest BCUT2D eigenvalue weighted by atomic mass is 35.5. The molecule has 0 bridgehead atoms. The van der Waals surface area contributed by atoms with Gasteiger partial charge in [-0.3, -0.25) is 0 Å². The Morgan fingerprint density at radius 3 is 2.88 bits per heavy atom. The molecule has 2 aromatic carbocycles. The van der Waals surface area contributed by atoms with Crippen molar-refractivity contribution in [1.82, 2.24) is 10.2 Å². The minimum absolute atomic E-state index is 0.264. The molecule has 4 nitrogen and oxygen atoms in total. The van der Waals surface area contributed by atoms with E-state index in [9.17, 15) is 4.79 Å². The molecule has 0 spiro atoms. The van der Waals surface area contributed by atoms with Crippen LogP contribution in [0.1, 0.15) is 41.1 Å². The van der Waals surface area contributed by atoms with Gasteiger partial charge in [0, 0.05) is 24.2 Å². The molecule has 1 N–H and O–H groups in total. The van der Waals surface area contributed by atoms with Crippen LogP contribution < -0.4 is 5.32 Å². The van der Waals surface area contributed by atoms with Crippen molar-refractivity contribution in [2.45, 2.75) is 38.5 Å². The van der Waals surface area contributed by atoms with Crippen LogP contribution in [0.25, 0.3) is 0 Å². The highest BCUT2D eigenvalue weighted by Crippen LogP contribution is 2.34. The molecule has 2 aliphatic rings. The van der Waals surface area contributed by atoms with E-state index < -0.39 is 0 Å². The molecule has 2 aliphatic heterocycles. The first-order valence-electron chi connectivity index (χ1n) is 9.21. The van der Waals surface area contributed by atoms with Crippen LogP contribution in [0, 0.1) is 0 Å². The number of benzene rings is 2. The van der Waals surface area contributed by atoms with E-state index in [0.29, 0.717) is 25.7 Å². The summed E-state index contributed by atoms with van der Waals surface area (Å²) in [5.74, 6) is 0.